The highest BCUT2D eigenvalue weighted by Gasteiger charge is 2.05. The standard InChI is InChI=1S/C7H9N3O2S/c1-13(11,12)7-4-2-6(3-5-7)9-10-8/h2-5H,1H3,(H2,8,9). The Hall–Kier alpha value is -1.43. The first-order valence-electron chi connectivity index (χ1n) is 3.46. The van der Waals surface area contributed by atoms with Crippen LogP contribution in [0.4, 0.5) is 5.69 Å². The summed E-state index contributed by atoms with van der Waals surface area (Å²) in [6.45, 7) is 0. The molecule has 0 heterocycles. The van der Waals surface area contributed by atoms with Gasteiger partial charge in [-0.3, -0.25) is 5.43 Å². The van der Waals surface area contributed by atoms with Crippen molar-refractivity contribution < 1.29 is 8.42 Å². The van der Waals surface area contributed by atoms with Crippen molar-refractivity contribution in [1.29, 1.82) is 5.53 Å². The van der Waals surface area contributed by atoms with Gasteiger partial charge in [0, 0.05) is 6.26 Å². The van der Waals surface area contributed by atoms with E-state index in [-0.39, 0.29) is 4.90 Å². The van der Waals surface area contributed by atoms with E-state index in [4.69, 9.17) is 5.53 Å². The number of rotatable bonds is 3. The molecule has 0 aromatic heterocycles. The Morgan fingerprint density at radius 3 is 2.23 bits per heavy atom. The average molecular weight is 199 g/mol. The number of hydrogen-bond acceptors (Lipinski definition) is 4. The summed E-state index contributed by atoms with van der Waals surface area (Å²) >= 11 is 0. The zero-order valence-corrected chi connectivity index (χ0v) is 7.80. The smallest absolute Gasteiger partial charge is 0.175 e. The summed E-state index contributed by atoms with van der Waals surface area (Å²) in [6.07, 6.45) is 1.14. The van der Waals surface area contributed by atoms with Crippen molar-refractivity contribution in [3.63, 3.8) is 0 Å². The molecule has 1 aromatic rings. The maximum Gasteiger partial charge on any atom is 0.175 e. The number of hydrogen-bond donors (Lipinski definition) is 2. The van der Waals surface area contributed by atoms with Gasteiger partial charge in [0.05, 0.1) is 10.6 Å². The fourth-order valence-corrected chi connectivity index (χ4v) is 1.47. The molecule has 0 radical (unpaired) electrons. The SMILES string of the molecule is CS(=O)(=O)c1ccc(NN=N)cc1. The summed E-state index contributed by atoms with van der Waals surface area (Å²) in [7, 11) is -3.14. The minimum atomic E-state index is -3.14. The largest absolute Gasteiger partial charge is 0.260 e. The summed E-state index contributed by atoms with van der Waals surface area (Å²) in [5.41, 5.74) is 9.48. The highest BCUT2D eigenvalue weighted by molar-refractivity contribution is 7.90. The van der Waals surface area contributed by atoms with E-state index in [9.17, 15) is 8.42 Å². The van der Waals surface area contributed by atoms with E-state index in [0.717, 1.165) is 6.26 Å². The lowest BCUT2D eigenvalue weighted by atomic mass is 10.3. The highest BCUT2D eigenvalue weighted by atomic mass is 32.2. The second-order valence-corrected chi connectivity index (χ2v) is 4.54. The molecular weight excluding hydrogens is 190 g/mol. The lowest BCUT2D eigenvalue weighted by Crippen LogP contribution is -1.96. The summed E-state index contributed by atoms with van der Waals surface area (Å²) in [5.74, 6) is 0. The quantitative estimate of drug-likeness (QED) is 0.571. The Morgan fingerprint density at radius 1 is 1.31 bits per heavy atom. The first-order chi connectivity index (χ1) is 6.04. The Labute approximate surface area is 76.2 Å². The molecule has 0 aliphatic heterocycles. The molecule has 0 aliphatic carbocycles. The Kier molecular flexibility index (Phi) is 2.62. The molecule has 1 aromatic carbocycles. The molecule has 0 bridgehead atoms. The Bertz CT molecular complexity index is 396. The normalized spacial score (nSPS) is 10.8. The van der Waals surface area contributed by atoms with Gasteiger partial charge in [0.2, 0.25) is 0 Å². The molecule has 0 saturated carbocycles. The van der Waals surface area contributed by atoms with Gasteiger partial charge in [0.1, 0.15) is 0 Å². The molecule has 1 rings (SSSR count). The fraction of sp³-hybridized carbons (Fsp3) is 0.143. The van der Waals surface area contributed by atoms with E-state index >= 15 is 0 Å². The summed E-state index contributed by atoms with van der Waals surface area (Å²) in [4.78, 5) is 0.253. The molecule has 70 valence electrons. The first kappa shape index (κ1) is 9.66. The zero-order chi connectivity index (χ0) is 9.90. The number of nitrogens with one attached hydrogen (secondary N) is 2. The van der Waals surface area contributed by atoms with Crippen LogP contribution in [0.3, 0.4) is 0 Å². The van der Waals surface area contributed by atoms with Crippen molar-refractivity contribution in [3.05, 3.63) is 24.3 Å². The van der Waals surface area contributed by atoms with E-state index in [1.807, 2.05) is 0 Å². The van der Waals surface area contributed by atoms with Crippen LogP contribution < -0.4 is 5.43 Å². The lowest BCUT2D eigenvalue weighted by Gasteiger charge is -2.00. The average Bonchev–Trinajstić information content (AvgIpc) is 2.04. The number of benzene rings is 1. The molecule has 0 fully saturated rings. The van der Waals surface area contributed by atoms with Gasteiger partial charge in [-0.2, -0.15) is 5.53 Å². The van der Waals surface area contributed by atoms with E-state index in [0.29, 0.717) is 5.69 Å². The minimum absolute atomic E-state index is 0.253. The molecule has 0 amide bonds. The highest BCUT2D eigenvalue weighted by Crippen LogP contribution is 2.13. The van der Waals surface area contributed by atoms with Crippen LogP contribution in [0, 0.1) is 5.53 Å². The van der Waals surface area contributed by atoms with Crippen molar-refractivity contribution in [2.45, 2.75) is 4.90 Å². The van der Waals surface area contributed by atoms with Gasteiger partial charge in [-0.1, -0.05) is 5.22 Å². The van der Waals surface area contributed by atoms with Crippen LogP contribution in [-0.4, -0.2) is 14.7 Å². The van der Waals surface area contributed by atoms with Crippen molar-refractivity contribution in [2.75, 3.05) is 11.7 Å². The van der Waals surface area contributed by atoms with Crippen molar-refractivity contribution in [3.8, 4) is 0 Å². The third-order valence-electron chi connectivity index (χ3n) is 1.47. The van der Waals surface area contributed by atoms with Gasteiger partial charge in [-0.05, 0) is 24.3 Å². The molecule has 0 unspecified atom stereocenters. The minimum Gasteiger partial charge on any atom is -0.260 e. The molecule has 2 N–H and O–H groups in total. The predicted octanol–water partition coefficient (Wildman–Crippen LogP) is 1.45. The molecule has 0 spiro atoms. The summed E-state index contributed by atoms with van der Waals surface area (Å²) in [6, 6.07) is 6.02. The molecular formula is C7H9N3O2S. The second kappa shape index (κ2) is 3.53. The maximum atomic E-state index is 11.0. The Morgan fingerprint density at radius 2 is 1.85 bits per heavy atom. The van der Waals surface area contributed by atoms with Crippen LogP contribution in [0.15, 0.2) is 34.4 Å². The lowest BCUT2D eigenvalue weighted by molar-refractivity contribution is 0.602. The van der Waals surface area contributed by atoms with Crippen molar-refractivity contribution in [2.24, 2.45) is 5.22 Å². The van der Waals surface area contributed by atoms with Gasteiger partial charge >= 0.3 is 0 Å². The van der Waals surface area contributed by atoms with Gasteiger partial charge < -0.3 is 0 Å². The van der Waals surface area contributed by atoms with Crippen molar-refractivity contribution >= 4 is 15.5 Å². The van der Waals surface area contributed by atoms with E-state index in [2.05, 4.69) is 10.6 Å². The zero-order valence-electron chi connectivity index (χ0n) is 6.98. The van der Waals surface area contributed by atoms with Crippen molar-refractivity contribution in [1.82, 2.24) is 0 Å². The third-order valence-corrected chi connectivity index (χ3v) is 2.60. The molecule has 0 aliphatic rings. The van der Waals surface area contributed by atoms with Crippen LogP contribution in [0.5, 0.6) is 0 Å². The van der Waals surface area contributed by atoms with Crippen LogP contribution in [0.2, 0.25) is 0 Å². The molecule has 13 heavy (non-hydrogen) atoms. The number of sulfone groups is 1. The number of anilines is 1. The Balaban J connectivity index is 3.01. The van der Waals surface area contributed by atoms with Crippen LogP contribution in [-0.2, 0) is 9.84 Å². The van der Waals surface area contributed by atoms with E-state index in [1.165, 1.54) is 12.1 Å². The predicted molar refractivity (Wildman–Crippen MR) is 48.3 cm³/mol. The summed E-state index contributed by atoms with van der Waals surface area (Å²) < 4.78 is 22.0. The number of nitrogens with zero attached hydrogens (tertiary/aromatic N) is 1. The van der Waals surface area contributed by atoms with Crippen LogP contribution >= 0.6 is 0 Å². The molecule has 0 atom stereocenters. The summed E-state index contributed by atoms with van der Waals surface area (Å²) in [5, 5.41) is 2.95. The van der Waals surface area contributed by atoms with Gasteiger partial charge in [-0.25, -0.2) is 8.42 Å². The molecule has 0 saturated heterocycles. The third kappa shape index (κ3) is 2.51. The van der Waals surface area contributed by atoms with Gasteiger partial charge in [0.25, 0.3) is 0 Å². The van der Waals surface area contributed by atoms with Gasteiger partial charge in [0.15, 0.2) is 9.84 Å². The van der Waals surface area contributed by atoms with E-state index < -0.39 is 9.84 Å². The topological polar surface area (TPSA) is 82.4 Å². The monoisotopic (exact) mass is 199 g/mol. The van der Waals surface area contributed by atoms with Gasteiger partial charge in [-0.15, -0.1) is 0 Å². The first-order valence-corrected chi connectivity index (χ1v) is 5.36. The molecule has 6 heteroatoms. The molecule has 5 nitrogen and oxygen atoms in total. The maximum absolute atomic E-state index is 11.0. The van der Waals surface area contributed by atoms with Crippen LogP contribution in [0.25, 0.3) is 0 Å². The second-order valence-electron chi connectivity index (χ2n) is 2.52. The fourth-order valence-electron chi connectivity index (χ4n) is 0.841. The van der Waals surface area contributed by atoms with E-state index in [1.54, 1.807) is 12.1 Å². The van der Waals surface area contributed by atoms with Crippen LogP contribution in [0.1, 0.15) is 0 Å².